The van der Waals surface area contributed by atoms with E-state index in [1.54, 1.807) is 0 Å². The van der Waals surface area contributed by atoms with Gasteiger partial charge in [-0.3, -0.25) is 9.59 Å². The minimum absolute atomic E-state index is 0.125. The third-order valence-corrected chi connectivity index (χ3v) is 5.44. The van der Waals surface area contributed by atoms with Crippen LogP contribution in [0.1, 0.15) is 58.3 Å². The highest BCUT2D eigenvalue weighted by Gasteiger charge is 2.33. The molecule has 2 amide bonds. The van der Waals surface area contributed by atoms with Gasteiger partial charge in [0.2, 0.25) is 5.91 Å². The van der Waals surface area contributed by atoms with Crippen LogP contribution >= 0.6 is 0 Å². The zero-order chi connectivity index (χ0) is 22.5. The van der Waals surface area contributed by atoms with E-state index in [4.69, 9.17) is 4.74 Å². The molecule has 1 fully saturated rings. The molecule has 3 atom stereocenters. The minimum Gasteiger partial charge on any atom is -0.372 e. The lowest BCUT2D eigenvalue weighted by Gasteiger charge is -2.28. The number of nitrogens with one attached hydrogen (secondary N) is 2. The summed E-state index contributed by atoms with van der Waals surface area (Å²) in [4.78, 5) is 28.1. The normalized spacial score (nSPS) is 20.0. The predicted molar refractivity (Wildman–Crippen MR) is 122 cm³/mol. The van der Waals surface area contributed by atoms with Crippen molar-refractivity contribution in [2.45, 2.75) is 66.2 Å². The van der Waals surface area contributed by atoms with Gasteiger partial charge in [-0.25, -0.2) is 0 Å². The Labute approximate surface area is 181 Å². The number of ether oxygens (including phenoxy) is 1. The van der Waals surface area contributed by atoms with E-state index in [1.165, 1.54) is 0 Å². The number of nitrogens with zero attached hydrogens (tertiary/aromatic N) is 1. The van der Waals surface area contributed by atoms with E-state index in [9.17, 15) is 9.59 Å². The van der Waals surface area contributed by atoms with E-state index < -0.39 is 6.04 Å². The maximum atomic E-state index is 13.0. The van der Waals surface area contributed by atoms with Crippen molar-refractivity contribution in [1.29, 1.82) is 0 Å². The van der Waals surface area contributed by atoms with Crippen molar-refractivity contribution in [2.75, 3.05) is 24.6 Å². The molecule has 0 bridgehead atoms. The Morgan fingerprint density at radius 1 is 1.20 bits per heavy atom. The fourth-order valence-electron chi connectivity index (χ4n) is 3.71. The van der Waals surface area contributed by atoms with E-state index in [0.29, 0.717) is 18.6 Å². The fourth-order valence-corrected chi connectivity index (χ4v) is 3.71. The molecule has 166 valence electrons. The first-order valence-corrected chi connectivity index (χ1v) is 10.8. The van der Waals surface area contributed by atoms with Crippen molar-refractivity contribution >= 4 is 17.5 Å². The summed E-state index contributed by atoms with van der Waals surface area (Å²) < 4.78 is 5.55. The Morgan fingerprint density at radius 2 is 1.80 bits per heavy atom. The second-order valence-corrected chi connectivity index (χ2v) is 9.17. The quantitative estimate of drug-likeness (QED) is 0.637. The molecule has 1 saturated heterocycles. The van der Waals surface area contributed by atoms with Gasteiger partial charge in [0.1, 0.15) is 6.04 Å². The summed E-state index contributed by atoms with van der Waals surface area (Å²) in [6.45, 7) is 18.5. The van der Waals surface area contributed by atoms with Crippen LogP contribution < -0.4 is 15.5 Å². The van der Waals surface area contributed by atoms with Crippen molar-refractivity contribution in [2.24, 2.45) is 5.41 Å². The van der Waals surface area contributed by atoms with Crippen LogP contribution in [0, 0.1) is 5.41 Å². The molecule has 6 heteroatoms. The Bertz CT molecular complexity index is 748. The monoisotopic (exact) mass is 415 g/mol. The molecule has 1 aromatic rings. The molecule has 1 aliphatic heterocycles. The average molecular weight is 416 g/mol. The van der Waals surface area contributed by atoms with Crippen molar-refractivity contribution in [1.82, 2.24) is 10.6 Å². The van der Waals surface area contributed by atoms with E-state index in [2.05, 4.69) is 56.7 Å². The van der Waals surface area contributed by atoms with Crippen LogP contribution in [0.5, 0.6) is 0 Å². The second-order valence-electron chi connectivity index (χ2n) is 9.17. The number of benzene rings is 1. The SMILES string of the molecule is C=C1CO[C@H](C)[C@H]1NC(=O)C(CC(C)(C)C)NC(=O)c1ccc(N(CC)CC)cc1. The highest BCUT2D eigenvalue weighted by molar-refractivity contribution is 5.98. The molecule has 0 spiro atoms. The molecule has 0 saturated carbocycles. The Kier molecular flexibility index (Phi) is 8.07. The molecule has 6 nitrogen and oxygen atoms in total. The number of amides is 2. The van der Waals surface area contributed by atoms with Crippen LogP contribution in [0.25, 0.3) is 0 Å². The lowest BCUT2D eigenvalue weighted by Crippen LogP contribution is -2.52. The number of carbonyl (C=O) groups excluding carboxylic acids is 2. The molecular formula is C24H37N3O3. The molecule has 30 heavy (non-hydrogen) atoms. The highest BCUT2D eigenvalue weighted by Crippen LogP contribution is 2.23. The van der Waals surface area contributed by atoms with Gasteiger partial charge in [0.25, 0.3) is 5.91 Å². The van der Waals surface area contributed by atoms with Crippen LogP contribution in [0.15, 0.2) is 36.4 Å². The molecule has 1 aromatic carbocycles. The molecule has 2 rings (SSSR count). The summed E-state index contributed by atoms with van der Waals surface area (Å²) in [6.07, 6.45) is 0.399. The van der Waals surface area contributed by atoms with Gasteiger partial charge < -0.3 is 20.3 Å². The lowest BCUT2D eigenvalue weighted by atomic mass is 9.87. The average Bonchev–Trinajstić information content (AvgIpc) is 2.99. The number of hydrogen-bond acceptors (Lipinski definition) is 4. The van der Waals surface area contributed by atoms with Crippen molar-refractivity contribution in [3.63, 3.8) is 0 Å². The van der Waals surface area contributed by atoms with Gasteiger partial charge in [-0.2, -0.15) is 0 Å². The van der Waals surface area contributed by atoms with Crippen LogP contribution in [0.3, 0.4) is 0 Å². The predicted octanol–water partition coefficient (Wildman–Crippen LogP) is 3.53. The van der Waals surface area contributed by atoms with Gasteiger partial charge >= 0.3 is 0 Å². The molecular weight excluding hydrogens is 378 g/mol. The number of rotatable bonds is 8. The van der Waals surface area contributed by atoms with Crippen LogP contribution in [0.4, 0.5) is 5.69 Å². The molecule has 2 N–H and O–H groups in total. The van der Waals surface area contributed by atoms with Crippen LogP contribution in [0.2, 0.25) is 0 Å². The largest absolute Gasteiger partial charge is 0.372 e. The van der Waals surface area contributed by atoms with Crippen molar-refractivity contribution in [3.8, 4) is 0 Å². The fraction of sp³-hybridized carbons (Fsp3) is 0.583. The molecule has 0 aromatic heterocycles. The summed E-state index contributed by atoms with van der Waals surface area (Å²) in [7, 11) is 0. The first-order valence-electron chi connectivity index (χ1n) is 10.8. The minimum atomic E-state index is -0.638. The van der Waals surface area contributed by atoms with Gasteiger partial charge in [0, 0.05) is 24.3 Å². The van der Waals surface area contributed by atoms with Gasteiger partial charge in [-0.1, -0.05) is 27.4 Å². The van der Waals surface area contributed by atoms with E-state index in [0.717, 1.165) is 24.4 Å². The standard InChI is InChI=1S/C24H37N3O3/c1-8-27(9-2)19-12-10-18(11-13-19)22(28)25-20(14-24(5,6)7)23(29)26-21-16(3)15-30-17(21)4/h10-13,17,20-21H,3,8-9,14-15H2,1-2,4-7H3,(H,25,28)(H,26,29)/t17-,20?,21+/m1/s1. The van der Waals surface area contributed by atoms with Crippen molar-refractivity contribution in [3.05, 3.63) is 42.0 Å². The van der Waals surface area contributed by atoms with E-state index in [1.807, 2.05) is 31.2 Å². The first kappa shape index (κ1) is 23.9. The molecule has 0 aliphatic carbocycles. The van der Waals surface area contributed by atoms with Crippen LogP contribution in [-0.2, 0) is 9.53 Å². The summed E-state index contributed by atoms with van der Waals surface area (Å²) in [5.41, 5.74) is 2.34. The van der Waals surface area contributed by atoms with Gasteiger partial charge in [0.05, 0.1) is 18.8 Å². The highest BCUT2D eigenvalue weighted by atomic mass is 16.5. The maximum absolute atomic E-state index is 13.0. The number of hydrogen-bond donors (Lipinski definition) is 2. The van der Waals surface area contributed by atoms with E-state index in [-0.39, 0.29) is 29.4 Å². The van der Waals surface area contributed by atoms with Crippen LogP contribution in [-0.4, -0.2) is 49.7 Å². The summed E-state index contributed by atoms with van der Waals surface area (Å²) in [5.74, 6) is -0.457. The summed E-state index contributed by atoms with van der Waals surface area (Å²) in [6, 6.07) is 6.64. The maximum Gasteiger partial charge on any atom is 0.251 e. The van der Waals surface area contributed by atoms with E-state index >= 15 is 0 Å². The Balaban J connectivity index is 2.12. The summed E-state index contributed by atoms with van der Waals surface area (Å²) in [5, 5.41) is 5.95. The Morgan fingerprint density at radius 3 is 2.27 bits per heavy atom. The van der Waals surface area contributed by atoms with Crippen molar-refractivity contribution < 1.29 is 14.3 Å². The van der Waals surface area contributed by atoms with Gasteiger partial charge in [-0.05, 0) is 62.4 Å². The second kappa shape index (κ2) is 10.1. The Hall–Kier alpha value is -2.34. The molecule has 1 aliphatic rings. The zero-order valence-corrected chi connectivity index (χ0v) is 19.2. The molecule has 0 radical (unpaired) electrons. The molecule has 1 heterocycles. The van der Waals surface area contributed by atoms with Gasteiger partial charge in [-0.15, -0.1) is 0 Å². The third kappa shape index (κ3) is 6.33. The lowest BCUT2D eigenvalue weighted by molar-refractivity contribution is -0.124. The smallest absolute Gasteiger partial charge is 0.251 e. The number of carbonyl (C=O) groups is 2. The zero-order valence-electron chi connectivity index (χ0n) is 19.2. The topological polar surface area (TPSA) is 70.7 Å². The number of anilines is 1. The molecule has 1 unspecified atom stereocenters. The van der Waals surface area contributed by atoms with Gasteiger partial charge in [0.15, 0.2) is 0 Å². The third-order valence-electron chi connectivity index (χ3n) is 5.44. The summed E-state index contributed by atoms with van der Waals surface area (Å²) >= 11 is 0. The first-order chi connectivity index (χ1) is 14.1.